The first kappa shape index (κ1) is 40.8. The molecule has 2 aromatic carbocycles. The molecule has 2 amide bonds. The van der Waals surface area contributed by atoms with E-state index in [-0.39, 0.29) is 22.8 Å². The van der Waals surface area contributed by atoms with Gasteiger partial charge in [0.2, 0.25) is 11.6 Å². The molecule has 2 aliphatic heterocycles. The molecule has 2 heterocycles. The number of anilines is 1. The zero-order chi connectivity index (χ0) is 38.4. The molecular weight excluding hydrogens is 677 g/mol. The first-order chi connectivity index (χ1) is 26.1. The maximum atomic E-state index is 12.5. The van der Waals surface area contributed by atoms with Gasteiger partial charge in [0.15, 0.2) is 11.8 Å². The zero-order valence-corrected chi connectivity index (χ0v) is 33.2. The fourth-order valence-electron chi connectivity index (χ4n) is 7.78. The smallest absolute Gasteiger partial charge is 0.408 e. The van der Waals surface area contributed by atoms with Crippen molar-refractivity contribution in [2.45, 2.75) is 102 Å². The number of rotatable bonds is 18. The fraction of sp³-hybridized carbons (Fsp3) is 0.533. The lowest BCUT2D eigenvalue weighted by atomic mass is 9.81. The van der Waals surface area contributed by atoms with Gasteiger partial charge in [-0.3, -0.25) is 4.79 Å². The molecule has 0 saturated carbocycles. The standard InChI is InChI=1S/C45H60N4O5/c1-44(2)36-21-13-15-23-38(36)48(5)40(44)25-18-26-41-45(3,4)37-22-14-16-24-39(37)49(41)30-17-9-12-27-42(50)46-28-31-52-33-34-53-32-29-47-43(51)54-35-19-10-7-6-8-11-20-35/h13-16,18,21-26,35H,6-10,12,17,19,27-34H2,1-5H3,(H-,46,47,50,51)/p+1. The molecule has 2 N–H and O–H groups in total. The molecular formula is C45H61N4O5+. The van der Waals surface area contributed by atoms with Gasteiger partial charge in [-0.05, 0) is 63.7 Å². The van der Waals surface area contributed by atoms with Crippen molar-refractivity contribution in [2.75, 3.05) is 58.0 Å². The number of nitrogens with zero attached hydrogens (tertiary/aromatic N) is 2. The summed E-state index contributed by atoms with van der Waals surface area (Å²) in [6.07, 6.45) is 14.3. The summed E-state index contributed by atoms with van der Waals surface area (Å²) in [6, 6.07) is 17.4. The summed E-state index contributed by atoms with van der Waals surface area (Å²) in [6.45, 7) is 12.6. The van der Waals surface area contributed by atoms with Gasteiger partial charge in [-0.2, -0.15) is 4.58 Å². The Morgan fingerprint density at radius 1 is 0.870 bits per heavy atom. The van der Waals surface area contributed by atoms with Gasteiger partial charge in [0.1, 0.15) is 7.05 Å². The molecule has 0 bridgehead atoms. The summed E-state index contributed by atoms with van der Waals surface area (Å²) < 4.78 is 18.8. The number of fused-ring (bicyclic) bond motifs is 2. The van der Waals surface area contributed by atoms with Crippen molar-refractivity contribution in [3.8, 4) is 11.8 Å². The lowest BCUT2D eigenvalue weighted by molar-refractivity contribution is -0.401. The van der Waals surface area contributed by atoms with Crippen LogP contribution in [0.25, 0.3) is 0 Å². The molecule has 5 rings (SSSR count). The van der Waals surface area contributed by atoms with Gasteiger partial charge in [-0.15, -0.1) is 0 Å². The minimum absolute atomic E-state index is 0.0519. The Balaban J connectivity index is 0.962. The van der Waals surface area contributed by atoms with Gasteiger partial charge >= 0.3 is 6.09 Å². The van der Waals surface area contributed by atoms with Crippen molar-refractivity contribution in [1.29, 1.82) is 0 Å². The Kier molecular flexibility index (Phi) is 15.0. The third kappa shape index (κ3) is 10.6. The predicted octanol–water partition coefficient (Wildman–Crippen LogP) is 7.70. The summed E-state index contributed by atoms with van der Waals surface area (Å²) in [5, 5.41) is 5.67. The number of hydrogen-bond donors (Lipinski definition) is 2. The van der Waals surface area contributed by atoms with Gasteiger partial charge in [0.25, 0.3) is 0 Å². The van der Waals surface area contributed by atoms with E-state index in [1.807, 2.05) is 0 Å². The summed E-state index contributed by atoms with van der Waals surface area (Å²) in [5.74, 6) is 6.15. The van der Waals surface area contributed by atoms with Crippen LogP contribution >= 0.6 is 0 Å². The average Bonchev–Trinajstić information content (AvgIpc) is 3.47. The van der Waals surface area contributed by atoms with E-state index < -0.39 is 6.09 Å². The zero-order valence-electron chi connectivity index (χ0n) is 33.2. The number of nitrogens with one attached hydrogen (secondary N) is 2. The second-order valence-electron chi connectivity index (χ2n) is 15.4. The SMILES string of the molecule is C[N+]1=C(/C=C/C=C2/N(CCCCCC(=O)NCCOCCOCCNC(=O)OC3C#CCCCCC3)c3ccccc3C2(C)C)C(C)(C)c2ccccc21. The quantitative estimate of drug-likeness (QED) is 0.0926. The minimum Gasteiger partial charge on any atom is -0.433 e. The van der Waals surface area contributed by atoms with Gasteiger partial charge in [0, 0.05) is 67.0 Å². The van der Waals surface area contributed by atoms with E-state index >= 15 is 0 Å². The van der Waals surface area contributed by atoms with E-state index in [1.165, 1.54) is 33.9 Å². The highest BCUT2D eigenvalue weighted by Gasteiger charge is 2.43. The Morgan fingerprint density at radius 2 is 1.59 bits per heavy atom. The molecule has 9 nitrogen and oxygen atoms in total. The lowest BCUT2D eigenvalue weighted by Crippen LogP contribution is -2.31. The summed E-state index contributed by atoms with van der Waals surface area (Å²) in [7, 11) is 2.16. The van der Waals surface area contributed by atoms with Gasteiger partial charge in [0.05, 0.1) is 31.8 Å². The van der Waals surface area contributed by atoms with E-state index in [2.05, 4.69) is 133 Å². The van der Waals surface area contributed by atoms with Crippen LogP contribution in [0.5, 0.6) is 0 Å². The van der Waals surface area contributed by atoms with Crippen LogP contribution in [-0.2, 0) is 29.8 Å². The third-order valence-electron chi connectivity index (χ3n) is 10.8. The van der Waals surface area contributed by atoms with Crippen LogP contribution in [0.1, 0.15) is 96.6 Å². The van der Waals surface area contributed by atoms with E-state index in [0.29, 0.717) is 45.9 Å². The van der Waals surface area contributed by atoms with Crippen molar-refractivity contribution in [2.24, 2.45) is 0 Å². The lowest BCUT2D eigenvalue weighted by Gasteiger charge is -2.27. The molecule has 9 heteroatoms. The van der Waals surface area contributed by atoms with Crippen molar-refractivity contribution < 1.29 is 28.4 Å². The Morgan fingerprint density at radius 3 is 2.37 bits per heavy atom. The normalized spacial score (nSPS) is 19.2. The van der Waals surface area contributed by atoms with E-state index in [9.17, 15) is 9.59 Å². The second kappa shape index (κ2) is 19.8. The topological polar surface area (TPSA) is 92.1 Å². The molecule has 3 aliphatic rings. The van der Waals surface area contributed by atoms with Crippen LogP contribution in [0.3, 0.4) is 0 Å². The van der Waals surface area contributed by atoms with Crippen molar-refractivity contribution in [3.63, 3.8) is 0 Å². The van der Waals surface area contributed by atoms with Crippen molar-refractivity contribution in [3.05, 3.63) is 83.6 Å². The molecule has 1 aliphatic carbocycles. The highest BCUT2D eigenvalue weighted by molar-refractivity contribution is 6.03. The molecule has 0 aromatic heterocycles. The van der Waals surface area contributed by atoms with E-state index in [4.69, 9.17) is 14.2 Å². The van der Waals surface area contributed by atoms with Gasteiger partial charge < -0.3 is 29.7 Å². The second-order valence-corrected chi connectivity index (χ2v) is 15.4. The van der Waals surface area contributed by atoms with Crippen LogP contribution in [0.15, 0.2) is 72.5 Å². The number of carbonyl (C=O) groups excluding carboxylic acids is 2. The first-order valence-corrected chi connectivity index (χ1v) is 19.9. The van der Waals surface area contributed by atoms with Crippen LogP contribution in [0.2, 0.25) is 0 Å². The van der Waals surface area contributed by atoms with Crippen LogP contribution in [-0.4, -0.2) is 81.5 Å². The van der Waals surface area contributed by atoms with E-state index in [0.717, 1.165) is 57.9 Å². The van der Waals surface area contributed by atoms with E-state index in [1.54, 1.807) is 0 Å². The summed E-state index contributed by atoms with van der Waals surface area (Å²) >= 11 is 0. The molecule has 1 unspecified atom stereocenters. The largest absolute Gasteiger partial charge is 0.433 e. The molecule has 2 aromatic rings. The number of carbonyl (C=O) groups is 2. The highest BCUT2D eigenvalue weighted by atomic mass is 16.6. The molecule has 0 radical (unpaired) electrons. The molecule has 0 spiro atoms. The maximum Gasteiger partial charge on any atom is 0.408 e. The monoisotopic (exact) mass is 737 g/mol. The number of alkyl carbamates (subject to hydrolysis) is 1. The van der Waals surface area contributed by atoms with Gasteiger partial charge in [-0.25, -0.2) is 4.79 Å². The number of unbranched alkanes of at least 4 members (excludes halogenated alkanes) is 2. The number of ether oxygens (including phenoxy) is 3. The number of benzene rings is 2. The number of amides is 2. The average molecular weight is 738 g/mol. The number of hydrogen-bond acceptors (Lipinski definition) is 6. The summed E-state index contributed by atoms with van der Waals surface area (Å²) in [4.78, 5) is 26.9. The van der Waals surface area contributed by atoms with Crippen molar-refractivity contribution in [1.82, 2.24) is 10.6 Å². The predicted molar refractivity (Wildman–Crippen MR) is 217 cm³/mol. The maximum absolute atomic E-state index is 12.5. The fourth-order valence-corrected chi connectivity index (χ4v) is 7.78. The minimum atomic E-state index is -0.458. The first-order valence-electron chi connectivity index (χ1n) is 19.9. The molecule has 290 valence electrons. The Labute approximate surface area is 323 Å². The van der Waals surface area contributed by atoms with Crippen LogP contribution in [0, 0.1) is 11.8 Å². The molecule has 0 fully saturated rings. The Bertz CT molecular complexity index is 1750. The van der Waals surface area contributed by atoms with Crippen molar-refractivity contribution >= 4 is 29.1 Å². The summed E-state index contributed by atoms with van der Waals surface area (Å²) in [5.41, 5.74) is 7.66. The van der Waals surface area contributed by atoms with Crippen LogP contribution < -0.4 is 15.5 Å². The molecule has 1 atom stereocenters. The number of allylic oxidation sites excluding steroid dienone is 4. The molecule has 0 saturated heterocycles. The molecule has 54 heavy (non-hydrogen) atoms. The highest BCUT2D eigenvalue weighted by Crippen LogP contribution is 2.48. The van der Waals surface area contributed by atoms with Gasteiger partial charge in [-0.1, -0.05) is 81.0 Å². The number of para-hydroxylation sites is 2. The van der Waals surface area contributed by atoms with Crippen LogP contribution in [0.4, 0.5) is 16.2 Å². The Hall–Kier alpha value is -4.39. The third-order valence-corrected chi connectivity index (χ3v) is 10.8.